The summed E-state index contributed by atoms with van der Waals surface area (Å²) in [5, 5.41) is 10.5. The SMILES string of the molecule is COc1ccc(CNC(=O)c2nnn(Cc3cccc(F)c3)c2N)cc1. The first-order chi connectivity index (χ1) is 12.6. The number of nitrogen functional groups attached to an aromatic ring is 1. The van der Waals surface area contributed by atoms with E-state index in [2.05, 4.69) is 15.6 Å². The third kappa shape index (κ3) is 3.97. The molecule has 3 rings (SSSR count). The van der Waals surface area contributed by atoms with E-state index in [0.717, 1.165) is 11.3 Å². The minimum Gasteiger partial charge on any atom is -0.497 e. The van der Waals surface area contributed by atoms with E-state index in [1.807, 2.05) is 24.3 Å². The van der Waals surface area contributed by atoms with Gasteiger partial charge in [0, 0.05) is 6.54 Å². The van der Waals surface area contributed by atoms with Gasteiger partial charge in [0.2, 0.25) is 0 Å². The molecular weight excluding hydrogens is 337 g/mol. The van der Waals surface area contributed by atoms with Crippen molar-refractivity contribution in [3.8, 4) is 5.75 Å². The Bertz CT molecular complexity index is 908. The molecule has 3 N–H and O–H groups in total. The number of hydrogen-bond donors (Lipinski definition) is 2. The van der Waals surface area contributed by atoms with Crippen LogP contribution in [0.15, 0.2) is 48.5 Å². The van der Waals surface area contributed by atoms with Crippen molar-refractivity contribution in [3.63, 3.8) is 0 Å². The first-order valence-electron chi connectivity index (χ1n) is 7.91. The predicted molar refractivity (Wildman–Crippen MR) is 94.1 cm³/mol. The number of anilines is 1. The lowest BCUT2D eigenvalue weighted by molar-refractivity contribution is 0.0946. The normalized spacial score (nSPS) is 10.5. The Morgan fingerprint density at radius 1 is 1.23 bits per heavy atom. The number of nitrogens with zero attached hydrogens (tertiary/aromatic N) is 3. The lowest BCUT2D eigenvalue weighted by atomic mass is 10.2. The van der Waals surface area contributed by atoms with Crippen LogP contribution in [0.5, 0.6) is 5.75 Å². The van der Waals surface area contributed by atoms with Crippen LogP contribution < -0.4 is 15.8 Å². The van der Waals surface area contributed by atoms with E-state index < -0.39 is 5.91 Å². The smallest absolute Gasteiger partial charge is 0.275 e. The van der Waals surface area contributed by atoms with Crippen molar-refractivity contribution in [3.05, 3.63) is 71.2 Å². The summed E-state index contributed by atoms with van der Waals surface area (Å²) in [6, 6.07) is 13.4. The highest BCUT2D eigenvalue weighted by molar-refractivity contribution is 5.96. The molecule has 8 heteroatoms. The van der Waals surface area contributed by atoms with Crippen LogP contribution >= 0.6 is 0 Å². The van der Waals surface area contributed by atoms with E-state index in [9.17, 15) is 9.18 Å². The van der Waals surface area contributed by atoms with Gasteiger partial charge in [0.05, 0.1) is 13.7 Å². The molecule has 0 atom stereocenters. The second-order valence-electron chi connectivity index (χ2n) is 5.64. The van der Waals surface area contributed by atoms with Crippen molar-refractivity contribution in [2.24, 2.45) is 0 Å². The highest BCUT2D eigenvalue weighted by Gasteiger charge is 2.17. The van der Waals surface area contributed by atoms with Crippen LogP contribution in [0, 0.1) is 5.82 Å². The number of amides is 1. The zero-order chi connectivity index (χ0) is 18.5. The van der Waals surface area contributed by atoms with Gasteiger partial charge in [-0.15, -0.1) is 5.10 Å². The number of methoxy groups -OCH3 is 1. The zero-order valence-electron chi connectivity index (χ0n) is 14.1. The third-order valence-corrected chi connectivity index (χ3v) is 3.82. The monoisotopic (exact) mass is 355 g/mol. The van der Waals surface area contributed by atoms with Gasteiger partial charge in [0.15, 0.2) is 11.5 Å². The van der Waals surface area contributed by atoms with Crippen LogP contribution in [0.25, 0.3) is 0 Å². The average Bonchev–Trinajstić information content (AvgIpc) is 3.01. The van der Waals surface area contributed by atoms with Crippen LogP contribution in [-0.4, -0.2) is 28.0 Å². The Balaban J connectivity index is 1.65. The highest BCUT2D eigenvalue weighted by atomic mass is 19.1. The molecule has 0 saturated heterocycles. The molecule has 1 heterocycles. The van der Waals surface area contributed by atoms with Gasteiger partial charge in [-0.05, 0) is 35.4 Å². The molecule has 134 valence electrons. The van der Waals surface area contributed by atoms with E-state index in [1.165, 1.54) is 16.8 Å². The molecule has 0 radical (unpaired) electrons. The fourth-order valence-electron chi connectivity index (χ4n) is 2.42. The molecule has 7 nitrogen and oxygen atoms in total. The molecule has 3 aromatic rings. The largest absolute Gasteiger partial charge is 0.497 e. The number of nitrogens with one attached hydrogen (secondary N) is 1. The van der Waals surface area contributed by atoms with Crippen LogP contribution in [-0.2, 0) is 13.1 Å². The second-order valence-corrected chi connectivity index (χ2v) is 5.64. The maximum absolute atomic E-state index is 13.3. The Kier molecular flexibility index (Phi) is 5.12. The lowest BCUT2D eigenvalue weighted by Crippen LogP contribution is -2.24. The van der Waals surface area contributed by atoms with Crippen LogP contribution in [0.4, 0.5) is 10.2 Å². The van der Waals surface area contributed by atoms with Gasteiger partial charge < -0.3 is 15.8 Å². The quantitative estimate of drug-likeness (QED) is 0.705. The number of rotatable bonds is 6. The van der Waals surface area contributed by atoms with E-state index in [0.29, 0.717) is 12.1 Å². The molecule has 2 aromatic carbocycles. The van der Waals surface area contributed by atoms with Gasteiger partial charge in [-0.3, -0.25) is 4.79 Å². The second kappa shape index (κ2) is 7.64. The Morgan fingerprint density at radius 2 is 2.00 bits per heavy atom. The highest BCUT2D eigenvalue weighted by Crippen LogP contribution is 2.13. The Morgan fingerprint density at radius 3 is 2.69 bits per heavy atom. The van der Waals surface area contributed by atoms with Gasteiger partial charge in [0.25, 0.3) is 5.91 Å². The molecular formula is C18H18FN5O2. The predicted octanol–water partition coefficient (Wildman–Crippen LogP) is 1.99. The summed E-state index contributed by atoms with van der Waals surface area (Å²) in [6.45, 7) is 0.543. The topological polar surface area (TPSA) is 95.1 Å². The summed E-state index contributed by atoms with van der Waals surface area (Å²) in [4.78, 5) is 12.3. The summed E-state index contributed by atoms with van der Waals surface area (Å²) in [5.41, 5.74) is 7.58. The molecule has 0 spiro atoms. The van der Waals surface area contributed by atoms with Gasteiger partial charge in [-0.1, -0.05) is 29.5 Å². The molecule has 0 aliphatic heterocycles. The van der Waals surface area contributed by atoms with Crippen molar-refractivity contribution in [1.29, 1.82) is 0 Å². The molecule has 0 aliphatic rings. The summed E-state index contributed by atoms with van der Waals surface area (Å²) in [6.07, 6.45) is 0. The van der Waals surface area contributed by atoms with E-state index >= 15 is 0 Å². The first-order valence-corrected chi connectivity index (χ1v) is 7.91. The molecule has 1 aromatic heterocycles. The Hall–Kier alpha value is -3.42. The van der Waals surface area contributed by atoms with Crippen LogP contribution in [0.3, 0.4) is 0 Å². The minimum absolute atomic E-state index is 0.0370. The van der Waals surface area contributed by atoms with Gasteiger partial charge in [0.1, 0.15) is 11.6 Å². The number of ether oxygens (including phenoxy) is 1. The minimum atomic E-state index is -0.427. The van der Waals surface area contributed by atoms with E-state index in [4.69, 9.17) is 10.5 Å². The summed E-state index contributed by atoms with van der Waals surface area (Å²) in [7, 11) is 1.59. The molecule has 0 saturated carbocycles. The average molecular weight is 355 g/mol. The van der Waals surface area contributed by atoms with Crippen molar-refractivity contribution in [1.82, 2.24) is 20.3 Å². The standard InChI is InChI=1S/C18H18FN5O2/c1-26-15-7-5-12(6-8-15)10-21-18(25)16-17(20)24(23-22-16)11-13-3-2-4-14(19)9-13/h2-9H,10-11,20H2,1H3,(H,21,25). The molecule has 26 heavy (non-hydrogen) atoms. The number of aromatic nitrogens is 3. The summed E-state index contributed by atoms with van der Waals surface area (Å²) >= 11 is 0. The van der Waals surface area contributed by atoms with Crippen molar-refractivity contribution in [2.75, 3.05) is 12.8 Å². The maximum Gasteiger partial charge on any atom is 0.275 e. The first kappa shape index (κ1) is 17.4. The van der Waals surface area contributed by atoms with Crippen molar-refractivity contribution >= 4 is 11.7 Å². The fraction of sp³-hybridized carbons (Fsp3) is 0.167. The van der Waals surface area contributed by atoms with E-state index in [1.54, 1.807) is 19.2 Å². The van der Waals surface area contributed by atoms with Crippen LogP contribution in [0.2, 0.25) is 0 Å². The number of nitrogens with two attached hydrogens (primary N) is 1. The molecule has 0 unspecified atom stereocenters. The fourth-order valence-corrected chi connectivity index (χ4v) is 2.42. The van der Waals surface area contributed by atoms with Crippen molar-refractivity contribution < 1.29 is 13.9 Å². The zero-order valence-corrected chi connectivity index (χ0v) is 14.1. The molecule has 0 aliphatic carbocycles. The number of carbonyl (C=O) groups excluding carboxylic acids is 1. The maximum atomic E-state index is 13.3. The van der Waals surface area contributed by atoms with Gasteiger partial charge >= 0.3 is 0 Å². The number of benzene rings is 2. The third-order valence-electron chi connectivity index (χ3n) is 3.82. The molecule has 1 amide bonds. The number of hydrogen-bond acceptors (Lipinski definition) is 5. The van der Waals surface area contributed by atoms with Gasteiger partial charge in [-0.2, -0.15) is 0 Å². The van der Waals surface area contributed by atoms with Crippen LogP contribution in [0.1, 0.15) is 21.6 Å². The van der Waals surface area contributed by atoms with Crippen molar-refractivity contribution in [2.45, 2.75) is 13.1 Å². The summed E-state index contributed by atoms with van der Waals surface area (Å²) < 4.78 is 19.7. The summed E-state index contributed by atoms with van der Waals surface area (Å²) in [5.74, 6) is 0.0913. The molecule has 0 fully saturated rings. The van der Waals surface area contributed by atoms with E-state index in [-0.39, 0.29) is 23.9 Å². The number of halogens is 1. The Labute approximate surface area is 149 Å². The lowest BCUT2D eigenvalue weighted by Gasteiger charge is -2.06. The molecule has 0 bridgehead atoms. The van der Waals surface area contributed by atoms with Gasteiger partial charge in [-0.25, -0.2) is 9.07 Å². The number of carbonyl (C=O) groups is 1.